The molecule has 1 aromatic carbocycles. The van der Waals surface area contributed by atoms with E-state index in [0.29, 0.717) is 17.9 Å². The maximum Gasteiger partial charge on any atom is 0.276 e. The molecule has 0 radical (unpaired) electrons. The molecule has 0 saturated heterocycles. The number of nitrogens with one attached hydrogen (secondary N) is 1. The van der Waals surface area contributed by atoms with Gasteiger partial charge >= 0.3 is 0 Å². The Morgan fingerprint density at radius 1 is 1.26 bits per heavy atom. The van der Waals surface area contributed by atoms with Crippen LogP contribution in [0.2, 0.25) is 0 Å². The molecule has 100 valence electrons. The number of aromatic amines is 1. The number of hydrogen-bond acceptors (Lipinski definition) is 3. The maximum absolute atomic E-state index is 12.5. The lowest BCUT2D eigenvalue weighted by Gasteiger charge is -2.26. The van der Waals surface area contributed by atoms with Crippen LogP contribution in [0, 0.1) is 6.92 Å². The Labute approximate surface area is 112 Å². The van der Waals surface area contributed by atoms with Crippen molar-refractivity contribution >= 4 is 5.91 Å². The minimum atomic E-state index is -0.0925. The number of benzene rings is 1. The van der Waals surface area contributed by atoms with Gasteiger partial charge in [-0.1, -0.05) is 30.3 Å². The molecule has 5 heteroatoms. The van der Waals surface area contributed by atoms with Gasteiger partial charge in [0.1, 0.15) is 0 Å². The average molecular weight is 258 g/mol. The molecule has 0 spiro atoms. The first kappa shape index (κ1) is 13.3. The van der Waals surface area contributed by atoms with Crippen molar-refractivity contribution in [3.63, 3.8) is 0 Å². The first-order valence-electron chi connectivity index (χ1n) is 6.32. The van der Waals surface area contributed by atoms with Crippen LogP contribution in [0.25, 0.3) is 0 Å². The molecule has 0 unspecified atom stereocenters. The molecule has 1 aromatic heterocycles. The van der Waals surface area contributed by atoms with Gasteiger partial charge < -0.3 is 4.90 Å². The van der Waals surface area contributed by atoms with Crippen molar-refractivity contribution in [3.8, 4) is 0 Å². The summed E-state index contributed by atoms with van der Waals surface area (Å²) in [6, 6.07) is 10.0. The normalized spacial score (nSPS) is 10.7. The summed E-state index contributed by atoms with van der Waals surface area (Å²) in [5, 5.41) is 10.3. The fourth-order valence-electron chi connectivity index (χ4n) is 1.89. The molecule has 0 fully saturated rings. The van der Waals surface area contributed by atoms with Gasteiger partial charge in [0.05, 0.1) is 5.69 Å². The van der Waals surface area contributed by atoms with Crippen molar-refractivity contribution in [2.75, 3.05) is 0 Å². The summed E-state index contributed by atoms with van der Waals surface area (Å²) in [6.07, 6.45) is 0. The third-order valence-corrected chi connectivity index (χ3v) is 3.00. The number of aromatic nitrogens is 3. The van der Waals surface area contributed by atoms with Crippen LogP contribution in [-0.4, -0.2) is 32.3 Å². The van der Waals surface area contributed by atoms with Gasteiger partial charge in [0, 0.05) is 12.6 Å². The fraction of sp³-hybridized carbons (Fsp3) is 0.357. The lowest BCUT2D eigenvalue weighted by molar-refractivity contribution is 0.0683. The molecule has 19 heavy (non-hydrogen) atoms. The summed E-state index contributed by atoms with van der Waals surface area (Å²) in [6.45, 7) is 6.34. The van der Waals surface area contributed by atoms with Crippen LogP contribution in [0.3, 0.4) is 0 Å². The van der Waals surface area contributed by atoms with Crippen LogP contribution in [0.15, 0.2) is 30.3 Å². The summed E-state index contributed by atoms with van der Waals surface area (Å²) in [4.78, 5) is 14.3. The van der Waals surface area contributed by atoms with Crippen molar-refractivity contribution in [3.05, 3.63) is 47.3 Å². The van der Waals surface area contributed by atoms with E-state index < -0.39 is 0 Å². The topological polar surface area (TPSA) is 61.9 Å². The molecular weight excluding hydrogens is 240 g/mol. The van der Waals surface area contributed by atoms with Gasteiger partial charge in [-0.05, 0) is 26.3 Å². The summed E-state index contributed by atoms with van der Waals surface area (Å²) >= 11 is 0. The number of carbonyl (C=O) groups is 1. The highest BCUT2D eigenvalue weighted by molar-refractivity contribution is 5.93. The molecule has 0 aliphatic heterocycles. The largest absolute Gasteiger partial charge is 0.330 e. The van der Waals surface area contributed by atoms with E-state index >= 15 is 0 Å². The molecule has 0 saturated carbocycles. The zero-order valence-electron chi connectivity index (χ0n) is 11.4. The molecule has 2 rings (SSSR count). The second-order valence-electron chi connectivity index (χ2n) is 4.77. The predicted molar refractivity (Wildman–Crippen MR) is 72.6 cm³/mol. The zero-order chi connectivity index (χ0) is 13.8. The highest BCUT2D eigenvalue weighted by atomic mass is 16.2. The monoisotopic (exact) mass is 258 g/mol. The van der Waals surface area contributed by atoms with Gasteiger partial charge in [0.15, 0.2) is 5.69 Å². The minimum Gasteiger partial charge on any atom is -0.330 e. The van der Waals surface area contributed by atoms with E-state index in [9.17, 15) is 4.79 Å². The lowest BCUT2D eigenvalue weighted by Crippen LogP contribution is -2.37. The molecule has 5 nitrogen and oxygen atoms in total. The first-order chi connectivity index (χ1) is 9.09. The second kappa shape index (κ2) is 5.65. The number of H-pyrrole nitrogens is 1. The van der Waals surface area contributed by atoms with Gasteiger partial charge in [0.2, 0.25) is 0 Å². The lowest BCUT2D eigenvalue weighted by atomic mass is 10.1. The fourth-order valence-corrected chi connectivity index (χ4v) is 1.89. The number of aryl methyl sites for hydroxylation is 1. The van der Waals surface area contributed by atoms with Crippen LogP contribution in [-0.2, 0) is 6.54 Å². The molecular formula is C14H18N4O. The smallest absolute Gasteiger partial charge is 0.276 e. The third kappa shape index (κ3) is 2.99. The molecule has 0 aliphatic carbocycles. The summed E-state index contributed by atoms with van der Waals surface area (Å²) in [5.41, 5.74) is 2.12. The van der Waals surface area contributed by atoms with Crippen LogP contribution < -0.4 is 0 Å². The molecule has 1 amide bonds. The van der Waals surface area contributed by atoms with Gasteiger partial charge in [-0.25, -0.2) is 0 Å². The number of nitrogens with zero attached hydrogens (tertiary/aromatic N) is 3. The average Bonchev–Trinajstić information content (AvgIpc) is 2.82. The van der Waals surface area contributed by atoms with Crippen molar-refractivity contribution in [2.45, 2.75) is 33.4 Å². The van der Waals surface area contributed by atoms with Gasteiger partial charge in [-0.15, -0.1) is 0 Å². The van der Waals surface area contributed by atoms with E-state index in [1.807, 2.05) is 44.2 Å². The Morgan fingerprint density at radius 2 is 1.95 bits per heavy atom. The van der Waals surface area contributed by atoms with Crippen LogP contribution in [0.5, 0.6) is 0 Å². The van der Waals surface area contributed by atoms with E-state index in [4.69, 9.17) is 0 Å². The van der Waals surface area contributed by atoms with Crippen LogP contribution in [0.4, 0.5) is 0 Å². The minimum absolute atomic E-state index is 0.0925. The second-order valence-corrected chi connectivity index (χ2v) is 4.77. The van der Waals surface area contributed by atoms with E-state index in [-0.39, 0.29) is 11.9 Å². The number of rotatable bonds is 4. The van der Waals surface area contributed by atoms with Crippen molar-refractivity contribution in [1.82, 2.24) is 20.3 Å². The Morgan fingerprint density at radius 3 is 2.47 bits per heavy atom. The molecule has 1 heterocycles. The molecule has 2 aromatic rings. The molecule has 0 atom stereocenters. The summed E-state index contributed by atoms with van der Waals surface area (Å²) < 4.78 is 0. The Bertz CT molecular complexity index is 548. The molecule has 0 aliphatic rings. The van der Waals surface area contributed by atoms with Crippen molar-refractivity contribution < 1.29 is 4.79 Å². The van der Waals surface area contributed by atoms with Crippen LogP contribution in [0.1, 0.15) is 35.6 Å². The Kier molecular flexibility index (Phi) is 3.94. The Hall–Kier alpha value is -2.17. The molecule has 0 bridgehead atoms. The number of hydrogen-bond donors (Lipinski definition) is 1. The van der Waals surface area contributed by atoms with Gasteiger partial charge in [-0.3, -0.25) is 4.79 Å². The molecule has 1 N–H and O–H groups in total. The SMILES string of the molecule is Cc1n[nH]nc1C(=O)N(Cc1ccccc1)C(C)C. The third-order valence-electron chi connectivity index (χ3n) is 3.00. The zero-order valence-corrected chi connectivity index (χ0v) is 11.4. The van der Waals surface area contributed by atoms with E-state index in [0.717, 1.165) is 5.56 Å². The standard InChI is InChI=1S/C14H18N4O/c1-10(2)18(9-12-7-5-4-6-8-12)14(19)13-11(3)15-17-16-13/h4-8,10H,9H2,1-3H3,(H,15,16,17). The quantitative estimate of drug-likeness (QED) is 0.914. The van der Waals surface area contributed by atoms with E-state index in [1.54, 1.807) is 11.8 Å². The maximum atomic E-state index is 12.5. The highest BCUT2D eigenvalue weighted by Crippen LogP contribution is 2.13. The van der Waals surface area contributed by atoms with E-state index in [1.165, 1.54) is 0 Å². The number of carbonyl (C=O) groups excluding carboxylic acids is 1. The van der Waals surface area contributed by atoms with Gasteiger partial charge in [-0.2, -0.15) is 15.4 Å². The number of amides is 1. The Balaban J connectivity index is 2.22. The van der Waals surface area contributed by atoms with E-state index in [2.05, 4.69) is 15.4 Å². The summed E-state index contributed by atoms with van der Waals surface area (Å²) in [5.74, 6) is -0.0925. The summed E-state index contributed by atoms with van der Waals surface area (Å²) in [7, 11) is 0. The van der Waals surface area contributed by atoms with Gasteiger partial charge in [0.25, 0.3) is 5.91 Å². The van der Waals surface area contributed by atoms with Crippen molar-refractivity contribution in [2.24, 2.45) is 0 Å². The van der Waals surface area contributed by atoms with Crippen molar-refractivity contribution in [1.29, 1.82) is 0 Å². The highest BCUT2D eigenvalue weighted by Gasteiger charge is 2.23. The predicted octanol–water partition coefficient (Wildman–Crippen LogP) is 2.16. The first-order valence-corrected chi connectivity index (χ1v) is 6.32. The van der Waals surface area contributed by atoms with Crippen LogP contribution >= 0.6 is 0 Å².